The molecule has 0 saturated carbocycles. The van der Waals surface area contributed by atoms with Gasteiger partial charge in [0, 0.05) is 49.7 Å². The second-order valence-corrected chi connectivity index (χ2v) is 15.7. The van der Waals surface area contributed by atoms with Crippen molar-refractivity contribution in [3.05, 3.63) is 231 Å². The van der Waals surface area contributed by atoms with Crippen molar-refractivity contribution in [3.63, 3.8) is 0 Å². The molecule has 0 N–H and O–H groups in total. The van der Waals surface area contributed by atoms with E-state index in [0.717, 1.165) is 66.8 Å². The third kappa shape index (κ3) is 5.98. The summed E-state index contributed by atoms with van der Waals surface area (Å²) in [5, 5.41) is 7.13. The summed E-state index contributed by atoms with van der Waals surface area (Å²) in [5.41, 5.74) is 15.6. The Morgan fingerprint density at radius 3 is 1.43 bits per heavy atom. The highest BCUT2D eigenvalue weighted by Crippen LogP contribution is 2.40. The first-order chi connectivity index (χ1) is 30.2. The third-order valence-corrected chi connectivity index (χ3v) is 12.2. The molecule has 2 heterocycles. The van der Waals surface area contributed by atoms with Crippen molar-refractivity contribution in [2.45, 2.75) is 0 Å². The average molecular weight is 779 g/mol. The topological polar surface area (TPSA) is 21.3 Å². The van der Waals surface area contributed by atoms with Gasteiger partial charge >= 0.3 is 0 Å². The van der Waals surface area contributed by atoms with Gasteiger partial charge in [0.2, 0.25) is 0 Å². The van der Waals surface area contributed by atoms with Gasteiger partial charge in [-0.05, 0) is 118 Å². The molecule has 0 bridgehead atoms. The summed E-state index contributed by atoms with van der Waals surface area (Å²) in [7, 11) is 0. The first-order valence-corrected chi connectivity index (χ1v) is 20.8. The van der Waals surface area contributed by atoms with Crippen molar-refractivity contribution in [1.29, 1.82) is 0 Å². The van der Waals surface area contributed by atoms with Gasteiger partial charge in [0.15, 0.2) is 0 Å². The monoisotopic (exact) mass is 778 g/mol. The van der Waals surface area contributed by atoms with Crippen molar-refractivity contribution < 1.29 is 4.42 Å². The minimum Gasteiger partial charge on any atom is -0.455 e. The van der Waals surface area contributed by atoms with E-state index < -0.39 is 0 Å². The Morgan fingerprint density at radius 2 is 0.787 bits per heavy atom. The second-order valence-electron chi connectivity index (χ2n) is 15.7. The van der Waals surface area contributed by atoms with Crippen molar-refractivity contribution in [1.82, 2.24) is 4.57 Å². The fourth-order valence-electron chi connectivity index (χ4n) is 9.20. The molecule has 0 aliphatic rings. The normalized spacial score (nSPS) is 11.6. The maximum atomic E-state index is 6.54. The molecular weight excluding hydrogens is 741 g/mol. The van der Waals surface area contributed by atoms with Crippen LogP contribution >= 0.6 is 0 Å². The zero-order valence-electron chi connectivity index (χ0n) is 33.2. The van der Waals surface area contributed by atoms with Gasteiger partial charge in [0.25, 0.3) is 0 Å². The molecule has 0 saturated heterocycles. The molecule has 61 heavy (non-hydrogen) atoms. The van der Waals surface area contributed by atoms with Crippen LogP contribution in [0.5, 0.6) is 0 Å². The van der Waals surface area contributed by atoms with Crippen LogP contribution in [-0.4, -0.2) is 4.57 Å². The van der Waals surface area contributed by atoms with Gasteiger partial charge in [0.05, 0.1) is 11.0 Å². The van der Waals surface area contributed by atoms with Gasteiger partial charge in [-0.2, -0.15) is 0 Å². The molecule has 0 atom stereocenters. The maximum absolute atomic E-state index is 6.54. The Hall–Kier alpha value is -8.14. The number of hydrogen-bond donors (Lipinski definition) is 0. The first kappa shape index (κ1) is 34.9. The van der Waals surface area contributed by atoms with Gasteiger partial charge in [-0.1, -0.05) is 152 Å². The van der Waals surface area contributed by atoms with Crippen LogP contribution in [-0.2, 0) is 0 Å². The van der Waals surface area contributed by atoms with E-state index in [4.69, 9.17) is 4.42 Å². The van der Waals surface area contributed by atoms with E-state index in [0.29, 0.717) is 0 Å². The Balaban J connectivity index is 0.906. The van der Waals surface area contributed by atoms with Crippen molar-refractivity contribution in [3.8, 4) is 39.1 Å². The molecule has 0 aliphatic carbocycles. The highest BCUT2D eigenvalue weighted by molar-refractivity contribution is 6.15. The van der Waals surface area contributed by atoms with E-state index >= 15 is 0 Å². The van der Waals surface area contributed by atoms with Crippen LogP contribution in [0.1, 0.15) is 0 Å². The zero-order valence-corrected chi connectivity index (χ0v) is 33.2. The highest BCUT2D eigenvalue weighted by Gasteiger charge is 2.17. The molecule has 286 valence electrons. The van der Waals surface area contributed by atoms with E-state index in [1.165, 1.54) is 43.9 Å². The minimum atomic E-state index is 0.897. The fraction of sp³-hybridized carbons (Fsp3) is 0. The van der Waals surface area contributed by atoms with E-state index in [1.54, 1.807) is 0 Å². The first-order valence-electron chi connectivity index (χ1n) is 20.8. The van der Waals surface area contributed by atoms with E-state index in [9.17, 15) is 0 Å². The lowest BCUT2D eigenvalue weighted by atomic mass is 10.0. The van der Waals surface area contributed by atoms with Crippen LogP contribution in [0.4, 0.5) is 17.1 Å². The second kappa shape index (κ2) is 14.3. The van der Waals surface area contributed by atoms with Crippen LogP contribution in [0.2, 0.25) is 0 Å². The summed E-state index contributed by atoms with van der Waals surface area (Å²) >= 11 is 0. The largest absolute Gasteiger partial charge is 0.455 e. The van der Waals surface area contributed by atoms with E-state index in [2.05, 4.69) is 240 Å². The number of fused-ring (bicyclic) bond motifs is 8. The van der Waals surface area contributed by atoms with Crippen LogP contribution in [0, 0.1) is 0 Å². The Bertz CT molecular complexity index is 3510. The van der Waals surface area contributed by atoms with Crippen LogP contribution in [0.25, 0.3) is 93.6 Å². The summed E-state index contributed by atoms with van der Waals surface area (Å²) in [6.45, 7) is 0. The van der Waals surface area contributed by atoms with Crippen LogP contribution in [0.15, 0.2) is 235 Å². The third-order valence-electron chi connectivity index (χ3n) is 12.2. The van der Waals surface area contributed by atoms with Crippen molar-refractivity contribution in [2.75, 3.05) is 4.90 Å². The molecule has 3 nitrogen and oxygen atoms in total. The number of anilines is 3. The van der Waals surface area contributed by atoms with Gasteiger partial charge in [-0.3, -0.25) is 0 Å². The van der Waals surface area contributed by atoms with Crippen molar-refractivity contribution >= 4 is 71.6 Å². The van der Waals surface area contributed by atoms with Gasteiger partial charge in [-0.15, -0.1) is 0 Å². The molecule has 0 amide bonds. The molecule has 0 fully saturated rings. The van der Waals surface area contributed by atoms with E-state index in [-0.39, 0.29) is 0 Å². The van der Waals surface area contributed by atoms with Crippen LogP contribution < -0.4 is 4.90 Å². The number of hydrogen-bond acceptors (Lipinski definition) is 2. The summed E-state index contributed by atoms with van der Waals surface area (Å²) < 4.78 is 8.92. The molecule has 3 heteroatoms. The molecule has 0 unspecified atom stereocenters. The number of aromatic nitrogens is 1. The lowest BCUT2D eigenvalue weighted by molar-refractivity contribution is 0.673. The Kier molecular flexibility index (Phi) is 8.17. The van der Waals surface area contributed by atoms with Gasteiger partial charge in [-0.25, -0.2) is 0 Å². The maximum Gasteiger partial charge on any atom is 0.143 e. The highest BCUT2D eigenvalue weighted by atomic mass is 16.3. The molecule has 0 spiro atoms. The number of furan rings is 1. The molecule has 10 aromatic carbocycles. The predicted octanol–water partition coefficient (Wildman–Crippen LogP) is 16.3. The number of nitrogens with zero attached hydrogens (tertiary/aromatic N) is 2. The molecule has 0 aliphatic heterocycles. The lowest BCUT2D eigenvalue weighted by Gasteiger charge is -2.26. The molecule has 2 aromatic heterocycles. The molecule has 0 radical (unpaired) electrons. The molecular formula is C58H38N2O. The van der Waals surface area contributed by atoms with E-state index in [1.807, 2.05) is 0 Å². The number of rotatable bonds is 7. The van der Waals surface area contributed by atoms with Gasteiger partial charge in [0.1, 0.15) is 11.2 Å². The summed E-state index contributed by atoms with van der Waals surface area (Å²) in [6, 6.07) is 82.8. The number of para-hydroxylation sites is 2. The SMILES string of the molecule is c1ccc(-c2ccc(N(c3ccc(-c4cccc(-n5c6ccccc6c6ccccc65)c4)cc3)c3ccc(-c4ccc5c(c4)oc4c6ccccc6ccc54)cc3)cc2)cc1. The molecule has 12 rings (SSSR count). The number of benzene rings is 10. The minimum absolute atomic E-state index is 0.897. The predicted molar refractivity (Wildman–Crippen MR) is 257 cm³/mol. The zero-order chi connectivity index (χ0) is 40.3. The fourth-order valence-corrected chi connectivity index (χ4v) is 9.20. The summed E-state index contributed by atoms with van der Waals surface area (Å²) in [4.78, 5) is 2.34. The Labute approximate surface area is 353 Å². The summed E-state index contributed by atoms with van der Waals surface area (Å²) in [5.74, 6) is 0. The standard InChI is InChI=1S/C58H38N2O/c1-2-11-39(12-3-1)40-21-29-46(30-22-40)59(48-33-25-42(26-34-48)45-28-35-53-54-36-27-43-13-4-5-16-50(43)58(54)61-57(53)38-45)47-31-23-41(24-32-47)44-14-10-15-49(37-44)60-55-19-8-6-17-51(55)52-18-7-9-20-56(52)60/h1-38H. The van der Waals surface area contributed by atoms with Crippen molar-refractivity contribution in [2.24, 2.45) is 0 Å². The lowest BCUT2D eigenvalue weighted by Crippen LogP contribution is -2.09. The quantitative estimate of drug-likeness (QED) is 0.161. The van der Waals surface area contributed by atoms with Crippen LogP contribution in [0.3, 0.4) is 0 Å². The summed E-state index contributed by atoms with van der Waals surface area (Å²) in [6.07, 6.45) is 0. The smallest absolute Gasteiger partial charge is 0.143 e. The van der Waals surface area contributed by atoms with Gasteiger partial charge < -0.3 is 13.9 Å². The molecule has 12 aromatic rings. The Morgan fingerprint density at radius 1 is 0.311 bits per heavy atom. The average Bonchev–Trinajstić information content (AvgIpc) is 3.89.